The van der Waals surface area contributed by atoms with Crippen molar-refractivity contribution in [3.63, 3.8) is 0 Å². The molecule has 0 saturated heterocycles. The van der Waals surface area contributed by atoms with E-state index in [0.29, 0.717) is 15.9 Å². The molecule has 11 heteroatoms. The number of thioether (sulfide) groups is 1. The summed E-state index contributed by atoms with van der Waals surface area (Å²) in [6, 6.07) is 7.77. The Morgan fingerprint density at radius 1 is 1.37 bits per heavy atom. The number of carbonyl (C=O) groups is 1. The van der Waals surface area contributed by atoms with Gasteiger partial charge in [0.25, 0.3) is 5.56 Å². The summed E-state index contributed by atoms with van der Waals surface area (Å²) in [6.07, 6.45) is 1.53. The smallest absolute Gasteiger partial charge is 0.306 e. The molecule has 1 aromatic heterocycles. The molecule has 154 valence electrons. The molecule has 0 unspecified atom stereocenters. The SMILES string of the molecule is C=CCn1c(SCC(=O)Nc2ccc(F)c([N+](=O)[O-])c2)nc2cc(Cl)ccc2c1=O. The molecule has 0 atom stereocenters. The van der Waals surface area contributed by atoms with E-state index < -0.39 is 22.3 Å². The number of nitrogens with zero attached hydrogens (tertiary/aromatic N) is 3. The van der Waals surface area contributed by atoms with Gasteiger partial charge in [-0.25, -0.2) is 4.98 Å². The van der Waals surface area contributed by atoms with E-state index in [1.165, 1.54) is 16.7 Å². The first-order chi connectivity index (χ1) is 14.3. The molecule has 2 aromatic carbocycles. The van der Waals surface area contributed by atoms with E-state index in [1.54, 1.807) is 18.2 Å². The second-order valence-electron chi connectivity index (χ2n) is 6.02. The van der Waals surface area contributed by atoms with E-state index >= 15 is 0 Å². The van der Waals surface area contributed by atoms with E-state index in [1.807, 2.05) is 0 Å². The summed E-state index contributed by atoms with van der Waals surface area (Å²) in [6.45, 7) is 3.82. The molecule has 0 radical (unpaired) electrons. The van der Waals surface area contributed by atoms with E-state index in [4.69, 9.17) is 11.6 Å². The highest BCUT2D eigenvalue weighted by molar-refractivity contribution is 7.99. The van der Waals surface area contributed by atoms with Gasteiger partial charge in [-0.2, -0.15) is 4.39 Å². The molecule has 0 fully saturated rings. The summed E-state index contributed by atoms with van der Waals surface area (Å²) >= 11 is 6.98. The number of carbonyl (C=O) groups excluding carboxylic acids is 1. The van der Waals surface area contributed by atoms with Crippen LogP contribution in [-0.2, 0) is 11.3 Å². The van der Waals surface area contributed by atoms with Crippen molar-refractivity contribution in [3.05, 3.63) is 80.4 Å². The third-order valence-electron chi connectivity index (χ3n) is 3.95. The molecule has 1 heterocycles. The summed E-state index contributed by atoms with van der Waals surface area (Å²) in [5.41, 5.74) is -0.567. The fourth-order valence-corrected chi connectivity index (χ4v) is 3.61. The Balaban J connectivity index is 1.82. The normalized spacial score (nSPS) is 10.7. The van der Waals surface area contributed by atoms with E-state index in [2.05, 4.69) is 16.9 Å². The van der Waals surface area contributed by atoms with E-state index in [-0.39, 0.29) is 28.7 Å². The van der Waals surface area contributed by atoms with E-state index in [0.717, 1.165) is 23.9 Å². The standard InChI is InChI=1S/C19H14ClFN4O4S/c1-2-7-24-18(27)13-5-3-11(20)8-15(13)23-19(24)30-10-17(26)22-12-4-6-14(21)16(9-12)25(28)29/h2-6,8-9H,1,7,10H2,(H,22,26). The predicted molar refractivity (Wildman–Crippen MR) is 114 cm³/mol. The van der Waals surface area contributed by atoms with Gasteiger partial charge in [0.15, 0.2) is 5.16 Å². The van der Waals surface area contributed by atoms with Crippen molar-refractivity contribution in [2.45, 2.75) is 11.7 Å². The average molecular weight is 449 g/mol. The number of hydrogen-bond acceptors (Lipinski definition) is 6. The number of rotatable bonds is 7. The lowest BCUT2D eigenvalue weighted by molar-refractivity contribution is -0.387. The Kier molecular flexibility index (Phi) is 6.48. The summed E-state index contributed by atoms with van der Waals surface area (Å²) in [5.74, 6) is -1.65. The minimum Gasteiger partial charge on any atom is -0.325 e. The van der Waals surface area contributed by atoms with Gasteiger partial charge >= 0.3 is 5.69 Å². The van der Waals surface area contributed by atoms with Crippen LogP contribution in [0.5, 0.6) is 0 Å². The van der Waals surface area contributed by atoms with Crippen LogP contribution in [0.2, 0.25) is 5.02 Å². The molecule has 1 N–H and O–H groups in total. The number of benzene rings is 2. The molecule has 3 aromatic rings. The summed E-state index contributed by atoms with van der Waals surface area (Å²) in [5, 5.41) is 14.4. The topological polar surface area (TPSA) is 107 Å². The Hall–Kier alpha value is -3.24. The highest BCUT2D eigenvalue weighted by Crippen LogP contribution is 2.23. The number of amides is 1. The van der Waals surface area contributed by atoms with Crippen LogP contribution >= 0.6 is 23.4 Å². The van der Waals surface area contributed by atoms with Crippen LogP contribution in [0, 0.1) is 15.9 Å². The zero-order chi connectivity index (χ0) is 21.8. The van der Waals surface area contributed by atoms with Crippen LogP contribution in [0.15, 0.2) is 59.0 Å². The van der Waals surface area contributed by atoms with Gasteiger partial charge in [0.05, 0.1) is 21.6 Å². The van der Waals surface area contributed by atoms with Crippen molar-refractivity contribution < 1.29 is 14.1 Å². The molecule has 0 aliphatic carbocycles. The molecular weight excluding hydrogens is 435 g/mol. The molecule has 0 saturated carbocycles. The van der Waals surface area contributed by atoms with Crippen LogP contribution in [0.4, 0.5) is 15.8 Å². The van der Waals surface area contributed by atoms with Crippen molar-refractivity contribution in [1.29, 1.82) is 0 Å². The molecule has 3 rings (SSSR count). The minimum atomic E-state index is -1.00. The molecule has 0 spiro atoms. The van der Waals surface area contributed by atoms with Crippen molar-refractivity contribution >= 4 is 51.5 Å². The van der Waals surface area contributed by atoms with Gasteiger partial charge in [-0.15, -0.1) is 6.58 Å². The number of anilines is 1. The van der Waals surface area contributed by atoms with Crippen LogP contribution in [-0.4, -0.2) is 26.1 Å². The Morgan fingerprint density at radius 2 is 2.13 bits per heavy atom. The van der Waals surface area contributed by atoms with Gasteiger partial charge < -0.3 is 5.32 Å². The lowest BCUT2D eigenvalue weighted by atomic mass is 10.2. The van der Waals surface area contributed by atoms with Crippen molar-refractivity contribution in [3.8, 4) is 0 Å². The van der Waals surface area contributed by atoms with Gasteiger partial charge in [-0.1, -0.05) is 29.4 Å². The Labute approximate surface area is 178 Å². The lowest BCUT2D eigenvalue weighted by Crippen LogP contribution is -2.23. The van der Waals surface area contributed by atoms with Gasteiger partial charge in [0.2, 0.25) is 11.7 Å². The maximum Gasteiger partial charge on any atom is 0.306 e. The highest BCUT2D eigenvalue weighted by Gasteiger charge is 2.16. The van der Waals surface area contributed by atoms with Gasteiger partial charge in [-0.05, 0) is 30.3 Å². The summed E-state index contributed by atoms with van der Waals surface area (Å²) < 4.78 is 14.8. The number of allylic oxidation sites excluding steroid dienone is 1. The molecule has 30 heavy (non-hydrogen) atoms. The molecule has 1 amide bonds. The largest absolute Gasteiger partial charge is 0.325 e. The first kappa shape index (κ1) is 21.5. The number of halogens is 2. The highest BCUT2D eigenvalue weighted by atomic mass is 35.5. The third-order valence-corrected chi connectivity index (χ3v) is 5.16. The molecule has 0 bridgehead atoms. The quantitative estimate of drug-likeness (QED) is 0.192. The third kappa shape index (κ3) is 4.66. The Morgan fingerprint density at radius 3 is 2.83 bits per heavy atom. The van der Waals surface area contributed by atoms with Gasteiger partial charge in [0, 0.05) is 23.3 Å². The fourth-order valence-electron chi connectivity index (χ4n) is 2.63. The molecule has 0 aliphatic heterocycles. The van der Waals surface area contributed by atoms with Crippen molar-refractivity contribution in [1.82, 2.24) is 9.55 Å². The number of fused-ring (bicyclic) bond motifs is 1. The predicted octanol–water partition coefficient (Wildman–Crippen LogP) is 4.01. The molecular formula is C19H14ClFN4O4S. The number of nitrogens with one attached hydrogen (secondary N) is 1. The van der Waals surface area contributed by atoms with E-state index in [9.17, 15) is 24.1 Å². The van der Waals surface area contributed by atoms with Crippen LogP contribution in [0.1, 0.15) is 0 Å². The average Bonchev–Trinajstić information content (AvgIpc) is 2.70. The lowest BCUT2D eigenvalue weighted by Gasteiger charge is -2.11. The number of nitro groups is 1. The van der Waals surface area contributed by atoms with Gasteiger partial charge in [0.1, 0.15) is 0 Å². The first-order valence-electron chi connectivity index (χ1n) is 8.47. The van der Waals surface area contributed by atoms with Crippen LogP contribution in [0.3, 0.4) is 0 Å². The van der Waals surface area contributed by atoms with Crippen molar-refractivity contribution in [2.75, 3.05) is 11.1 Å². The zero-order valence-corrected chi connectivity index (χ0v) is 16.9. The minimum absolute atomic E-state index is 0.0791. The molecule has 8 nitrogen and oxygen atoms in total. The van der Waals surface area contributed by atoms with Crippen molar-refractivity contribution in [2.24, 2.45) is 0 Å². The van der Waals surface area contributed by atoms with Crippen LogP contribution in [0.25, 0.3) is 10.9 Å². The summed E-state index contributed by atoms with van der Waals surface area (Å²) in [4.78, 5) is 39.4. The number of hydrogen-bond donors (Lipinski definition) is 1. The monoisotopic (exact) mass is 448 g/mol. The number of nitro benzene ring substituents is 1. The summed E-state index contributed by atoms with van der Waals surface area (Å²) in [7, 11) is 0. The Bertz CT molecular complexity index is 1230. The fraction of sp³-hybridized carbons (Fsp3) is 0.105. The molecule has 0 aliphatic rings. The first-order valence-corrected chi connectivity index (χ1v) is 9.84. The maximum absolute atomic E-state index is 13.4. The van der Waals surface area contributed by atoms with Gasteiger partial charge in [-0.3, -0.25) is 24.3 Å². The second-order valence-corrected chi connectivity index (χ2v) is 7.40. The zero-order valence-electron chi connectivity index (χ0n) is 15.3. The van der Waals surface area contributed by atoms with Crippen LogP contribution < -0.4 is 10.9 Å². The maximum atomic E-state index is 13.4. The number of aromatic nitrogens is 2. The second kappa shape index (κ2) is 9.06.